The van der Waals surface area contributed by atoms with Crippen LogP contribution in [0.15, 0.2) is 66.2 Å². The lowest BCUT2D eigenvalue weighted by Crippen LogP contribution is -2.29. The summed E-state index contributed by atoms with van der Waals surface area (Å²) in [5.74, 6) is -1.74. The monoisotopic (exact) mass is 463 g/mol. The molecule has 0 aromatic heterocycles. The molecule has 0 spiro atoms. The van der Waals surface area contributed by atoms with Gasteiger partial charge in [-0.2, -0.15) is 0 Å². The number of hydrogen-bond acceptors (Lipinski definition) is 5. The summed E-state index contributed by atoms with van der Waals surface area (Å²) in [4.78, 5) is 27.8. The van der Waals surface area contributed by atoms with Crippen molar-refractivity contribution in [3.63, 3.8) is 0 Å². The zero-order valence-corrected chi connectivity index (χ0v) is 19.1. The van der Waals surface area contributed by atoms with Crippen LogP contribution in [-0.2, 0) is 9.59 Å². The number of phenols is 1. The molecule has 1 amide bonds. The number of ether oxygens (including phenoxy) is 1. The highest BCUT2D eigenvalue weighted by atomic mass is 35.5. The Bertz CT molecular complexity index is 1280. The standard InChI is InChI=1S/C26H22ClNO5/c1-14-4-8-17(9-5-14)28-22(16-6-10-18(29)11-7-16)21(24(31)26(28)32)23(30)19-12-15(2)13-20(27)25(19)33-3/h4-13,22,29-30H,1-3H3/b23-21+. The number of ketones is 1. The Kier molecular flexibility index (Phi) is 5.87. The van der Waals surface area contributed by atoms with Gasteiger partial charge in [-0.25, -0.2) is 0 Å². The normalized spacial score (nSPS) is 17.5. The summed E-state index contributed by atoms with van der Waals surface area (Å²) in [7, 11) is 1.41. The second-order valence-corrected chi connectivity index (χ2v) is 8.33. The number of aryl methyl sites for hydroxylation is 2. The molecule has 1 aliphatic heterocycles. The number of halogens is 1. The first-order valence-electron chi connectivity index (χ1n) is 10.2. The number of nitrogens with zero attached hydrogens (tertiary/aromatic N) is 1. The van der Waals surface area contributed by atoms with Gasteiger partial charge < -0.3 is 14.9 Å². The number of benzene rings is 3. The highest BCUT2D eigenvalue weighted by Gasteiger charge is 2.47. The maximum Gasteiger partial charge on any atom is 0.300 e. The van der Waals surface area contributed by atoms with Gasteiger partial charge in [0.15, 0.2) is 0 Å². The lowest BCUT2D eigenvalue weighted by molar-refractivity contribution is -0.132. The molecule has 1 heterocycles. The number of aliphatic hydroxyl groups excluding tert-OH is 1. The topological polar surface area (TPSA) is 87.1 Å². The Labute approximate surface area is 196 Å². The average molecular weight is 464 g/mol. The van der Waals surface area contributed by atoms with Crippen LogP contribution >= 0.6 is 11.6 Å². The van der Waals surface area contributed by atoms with Gasteiger partial charge in [0.2, 0.25) is 0 Å². The molecule has 3 aromatic carbocycles. The predicted molar refractivity (Wildman–Crippen MR) is 127 cm³/mol. The molecule has 3 aromatic rings. The van der Waals surface area contributed by atoms with Gasteiger partial charge in [-0.1, -0.05) is 41.4 Å². The Morgan fingerprint density at radius 2 is 1.61 bits per heavy atom. The molecule has 0 bridgehead atoms. The van der Waals surface area contributed by atoms with Crippen LogP contribution in [0.3, 0.4) is 0 Å². The molecule has 6 nitrogen and oxygen atoms in total. The fourth-order valence-corrected chi connectivity index (χ4v) is 4.38. The zero-order valence-electron chi connectivity index (χ0n) is 18.3. The van der Waals surface area contributed by atoms with E-state index in [0.717, 1.165) is 11.1 Å². The zero-order chi connectivity index (χ0) is 23.9. The van der Waals surface area contributed by atoms with Gasteiger partial charge in [0.1, 0.15) is 17.3 Å². The van der Waals surface area contributed by atoms with E-state index in [2.05, 4.69) is 0 Å². The quantitative estimate of drug-likeness (QED) is 0.311. The molecular weight excluding hydrogens is 442 g/mol. The Hall–Kier alpha value is -3.77. The minimum absolute atomic E-state index is 0.0400. The third kappa shape index (κ3) is 3.94. The molecule has 2 N–H and O–H groups in total. The second-order valence-electron chi connectivity index (χ2n) is 7.92. The Balaban J connectivity index is 2.00. The summed E-state index contributed by atoms with van der Waals surface area (Å²) in [6.45, 7) is 3.72. The van der Waals surface area contributed by atoms with Crippen molar-refractivity contribution in [1.29, 1.82) is 0 Å². The smallest absolute Gasteiger partial charge is 0.300 e. The molecule has 4 rings (SSSR count). The maximum atomic E-state index is 13.3. The number of phenolic OH excluding ortho intramolecular Hbond substituents is 1. The van der Waals surface area contributed by atoms with Crippen LogP contribution in [0.25, 0.3) is 5.76 Å². The molecular formula is C26H22ClNO5. The first-order valence-corrected chi connectivity index (χ1v) is 10.6. The van der Waals surface area contributed by atoms with Gasteiger partial charge in [0, 0.05) is 5.69 Å². The third-order valence-corrected chi connectivity index (χ3v) is 5.89. The summed E-state index contributed by atoms with van der Waals surface area (Å²) < 4.78 is 5.39. The molecule has 33 heavy (non-hydrogen) atoms. The first-order chi connectivity index (χ1) is 15.7. The number of amides is 1. The van der Waals surface area contributed by atoms with E-state index in [1.807, 2.05) is 19.1 Å². The van der Waals surface area contributed by atoms with Gasteiger partial charge in [-0.15, -0.1) is 0 Å². The third-order valence-electron chi connectivity index (χ3n) is 5.61. The van der Waals surface area contributed by atoms with Gasteiger partial charge >= 0.3 is 0 Å². The van der Waals surface area contributed by atoms with Crippen molar-refractivity contribution in [2.24, 2.45) is 0 Å². The second kappa shape index (κ2) is 8.64. The highest BCUT2D eigenvalue weighted by molar-refractivity contribution is 6.51. The summed E-state index contributed by atoms with van der Waals surface area (Å²) in [6.07, 6.45) is 0. The molecule has 1 unspecified atom stereocenters. The fraction of sp³-hybridized carbons (Fsp3) is 0.154. The van der Waals surface area contributed by atoms with Gasteiger partial charge in [0.25, 0.3) is 11.7 Å². The van der Waals surface area contributed by atoms with Crippen LogP contribution in [0.1, 0.15) is 28.3 Å². The van der Waals surface area contributed by atoms with Crippen molar-refractivity contribution in [3.05, 3.63) is 93.5 Å². The van der Waals surface area contributed by atoms with Crippen molar-refractivity contribution < 1.29 is 24.5 Å². The molecule has 1 fully saturated rings. The number of carbonyl (C=O) groups is 2. The summed E-state index contributed by atoms with van der Waals surface area (Å²) >= 11 is 6.31. The number of anilines is 1. The molecule has 0 radical (unpaired) electrons. The van der Waals surface area contributed by atoms with E-state index >= 15 is 0 Å². The minimum atomic E-state index is -0.919. The number of rotatable bonds is 4. The molecule has 0 saturated carbocycles. The summed E-state index contributed by atoms with van der Waals surface area (Å²) in [5, 5.41) is 21.4. The minimum Gasteiger partial charge on any atom is -0.508 e. The van der Waals surface area contributed by atoms with Crippen molar-refractivity contribution >= 4 is 34.7 Å². The Morgan fingerprint density at radius 1 is 0.970 bits per heavy atom. The van der Waals surface area contributed by atoms with Gasteiger partial charge in [-0.05, 0) is 61.4 Å². The van der Waals surface area contributed by atoms with Crippen LogP contribution < -0.4 is 9.64 Å². The fourth-order valence-electron chi connectivity index (χ4n) is 4.03. The molecule has 0 aliphatic carbocycles. The van der Waals surface area contributed by atoms with E-state index in [1.165, 1.54) is 24.1 Å². The molecule has 7 heteroatoms. The number of aromatic hydroxyl groups is 1. The predicted octanol–water partition coefficient (Wildman–Crippen LogP) is 5.30. The largest absolute Gasteiger partial charge is 0.508 e. The van der Waals surface area contributed by atoms with Crippen molar-refractivity contribution in [3.8, 4) is 11.5 Å². The van der Waals surface area contributed by atoms with Crippen molar-refractivity contribution in [1.82, 2.24) is 0 Å². The number of aliphatic hydroxyl groups is 1. The van der Waals surface area contributed by atoms with Crippen LogP contribution in [0.2, 0.25) is 5.02 Å². The van der Waals surface area contributed by atoms with E-state index < -0.39 is 17.7 Å². The van der Waals surface area contributed by atoms with Gasteiger partial charge in [0.05, 0.1) is 29.3 Å². The highest BCUT2D eigenvalue weighted by Crippen LogP contribution is 2.44. The summed E-state index contributed by atoms with van der Waals surface area (Å²) in [5.41, 5.74) is 2.92. The van der Waals surface area contributed by atoms with Crippen LogP contribution in [0, 0.1) is 13.8 Å². The van der Waals surface area contributed by atoms with E-state index in [0.29, 0.717) is 11.3 Å². The van der Waals surface area contributed by atoms with E-state index in [4.69, 9.17) is 16.3 Å². The lowest BCUT2D eigenvalue weighted by atomic mass is 9.94. The number of carbonyl (C=O) groups excluding carboxylic acids is 2. The SMILES string of the molecule is COc1c(Cl)cc(C)cc1/C(O)=C1\C(=O)C(=O)N(c2ccc(C)cc2)C1c1ccc(O)cc1. The number of Topliss-reactive ketones (excluding diaryl/α,β-unsaturated/α-hetero) is 1. The maximum absolute atomic E-state index is 13.3. The molecule has 168 valence electrons. The lowest BCUT2D eigenvalue weighted by Gasteiger charge is -2.25. The van der Waals surface area contributed by atoms with Crippen LogP contribution in [0.5, 0.6) is 11.5 Å². The number of hydrogen-bond donors (Lipinski definition) is 2. The molecule has 1 aliphatic rings. The van der Waals surface area contributed by atoms with Gasteiger partial charge in [-0.3, -0.25) is 14.5 Å². The van der Waals surface area contributed by atoms with E-state index in [9.17, 15) is 19.8 Å². The first kappa shape index (κ1) is 22.4. The van der Waals surface area contributed by atoms with Crippen LogP contribution in [0.4, 0.5) is 5.69 Å². The van der Waals surface area contributed by atoms with Crippen LogP contribution in [-0.4, -0.2) is 29.0 Å². The Morgan fingerprint density at radius 3 is 2.21 bits per heavy atom. The molecule has 1 atom stereocenters. The molecule has 1 saturated heterocycles. The van der Waals surface area contributed by atoms with Crippen molar-refractivity contribution in [2.75, 3.05) is 12.0 Å². The van der Waals surface area contributed by atoms with E-state index in [1.54, 1.807) is 43.3 Å². The van der Waals surface area contributed by atoms with E-state index in [-0.39, 0.29) is 33.4 Å². The van der Waals surface area contributed by atoms with Crippen molar-refractivity contribution in [2.45, 2.75) is 19.9 Å². The number of methoxy groups -OCH3 is 1. The average Bonchev–Trinajstić information content (AvgIpc) is 3.04. The summed E-state index contributed by atoms with van der Waals surface area (Å²) in [6, 6.07) is 15.7.